The van der Waals surface area contributed by atoms with E-state index in [1.807, 2.05) is 0 Å². The molecule has 1 aromatic rings. The van der Waals surface area contributed by atoms with Crippen molar-refractivity contribution in [1.29, 1.82) is 0 Å². The summed E-state index contributed by atoms with van der Waals surface area (Å²) in [5.41, 5.74) is -1.00. The maximum atomic E-state index is 12.8. The van der Waals surface area contributed by atoms with Crippen LogP contribution in [0.2, 0.25) is 0 Å². The third-order valence-corrected chi connectivity index (χ3v) is 21.2. The van der Waals surface area contributed by atoms with Crippen LogP contribution < -0.4 is 15.4 Å². The maximum absolute atomic E-state index is 12.8. The first-order valence-corrected chi connectivity index (χ1v) is 42.5. The number of hydrogen-bond acceptors (Lipinski definition) is 9. The lowest BCUT2D eigenvalue weighted by Crippen LogP contribution is -2.34. The lowest BCUT2D eigenvalue weighted by Gasteiger charge is -2.28. The normalized spacial score (nSPS) is 12.9. The summed E-state index contributed by atoms with van der Waals surface area (Å²) in [5, 5.41) is 16.1. The fraction of sp³-hybridized carbons (Fsp3) is 0.874. The van der Waals surface area contributed by atoms with Crippen LogP contribution >= 0.6 is 0 Å². The molecule has 98 heavy (non-hydrogen) atoms. The fourth-order valence-corrected chi connectivity index (χ4v) is 14.9. The Hall–Kier alpha value is -3.47. The van der Waals surface area contributed by atoms with Crippen molar-refractivity contribution in [2.75, 3.05) is 33.4 Å². The van der Waals surface area contributed by atoms with Gasteiger partial charge in [-0.3, -0.25) is 24.0 Å². The van der Waals surface area contributed by atoms with E-state index < -0.39 is 5.60 Å². The number of rotatable bonds is 75. The zero-order valence-electron chi connectivity index (χ0n) is 65.6. The molecular formula is C87H160N2O9. The Labute approximate surface area is 605 Å². The van der Waals surface area contributed by atoms with Crippen LogP contribution in [0.5, 0.6) is 5.75 Å². The average Bonchev–Trinajstić information content (AvgIpc) is 0.866. The van der Waals surface area contributed by atoms with Gasteiger partial charge in [0, 0.05) is 44.3 Å². The minimum atomic E-state index is -1.43. The van der Waals surface area contributed by atoms with Crippen molar-refractivity contribution >= 4 is 29.5 Å². The van der Waals surface area contributed by atoms with Crippen LogP contribution in [-0.2, 0) is 28.7 Å². The average molecular weight is 1380 g/mol. The van der Waals surface area contributed by atoms with Gasteiger partial charge < -0.3 is 30.0 Å². The van der Waals surface area contributed by atoms with E-state index in [2.05, 4.69) is 38.3 Å². The van der Waals surface area contributed by atoms with Crippen molar-refractivity contribution in [2.24, 2.45) is 23.7 Å². The summed E-state index contributed by atoms with van der Waals surface area (Å²) < 4.78 is 16.0. The van der Waals surface area contributed by atoms with Gasteiger partial charge in [-0.1, -0.05) is 362 Å². The van der Waals surface area contributed by atoms with Gasteiger partial charge in [0.2, 0.25) is 11.8 Å². The highest BCUT2D eigenvalue weighted by Crippen LogP contribution is 2.36. The molecule has 4 atom stereocenters. The molecule has 572 valence electrons. The smallest absolute Gasteiger partial charge is 0.305 e. The second-order valence-electron chi connectivity index (χ2n) is 30.7. The number of ketones is 1. The Bertz CT molecular complexity index is 1970. The molecule has 1 rings (SSSR count). The monoisotopic (exact) mass is 1380 g/mol. The molecule has 11 nitrogen and oxygen atoms in total. The SMILES string of the molecule is CCCCCCCCC(CCCCCCCCC(=O)NCCNC(=O)CCCCCCCCC(CCCCCCCC)C(CCCCCCCC)CCCCCCCCC(=O)OCCOc1ccc(C(=O)C(C)(C)O)cc1)C(CCCCCCCC)CCCCCCCCC(=O)OC. The molecule has 0 aromatic heterocycles. The molecule has 0 bridgehead atoms. The van der Waals surface area contributed by atoms with E-state index in [1.54, 1.807) is 24.3 Å². The van der Waals surface area contributed by atoms with Crippen LogP contribution in [0.3, 0.4) is 0 Å². The Balaban J connectivity index is 2.45. The number of carbonyl (C=O) groups is 5. The zero-order chi connectivity index (χ0) is 71.5. The van der Waals surface area contributed by atoms with Crippen LogP contribution in [0.15, 0.2) is 24.3 Å². The number of methoxy groups -OCH3 is 1. The van der Waals surface area contributed by atoms with Crippen molar-refractivity contribution in [3.63, 3.8) is 0 Å². The molecule has 0 aliphatic rings. The molecule has 0 heterocycles. The summed E-state index contributed by atoms with van der Waals surface area (Å²) in [5.74, 6) is 3.59. The highest BCUT2D eigenvalue weighted by Gasteiger charge is 2.26. The molecule has 4 unspecified atom stereocenters. The molecule has 0 fully saturated rings. The maximum Gasteiger partial charge on any atom is 0.305 e. The summed E-state index contributed by atoms with van der Waals surface area (Å²) in [6, 6.07) is 6.66. The predicted octanol–water partition coefficient (Wildman–Crippen LogP) is 24.9. The number of aliphatic hydroxyl groups is 1. The summed E-state index contributed by atoms with van der Waals surface area (Å²) >= 11 is 0. The molecule has 0 radical (unpaired) electrons. The standard InChI is InChI=1S/C87H160N2O9/c1-8-12-16-20-32-44-56-76(78(58-46-34-22-18-14-10-3)62-50-38-26-30-42-54-66-84(92)96-7)60-48-36-24-28-40-52-64-82(90)88-72-73-89-83(91)65-53-41-29-25-37-49-61-77(57-45-33-21-17-13-9-2)79(59-47-35-23-19-15-11-4)63-51-39-27-31-43-55-67-85(93)98-75-74-97-81-70-68-80(69-71-81)86(94)87(5,6)95/h68-71,76-79,95H,8-67,72-75H2,1-7H3,(H,88,90)(H,89,91). The Morgan fingerprint density at radius 2 is 0.602 bits per heavy atom. The van der Waals surface area contributed by atoms with Gasteiger partial charge in [-0.05, 0) is 87.5 Å². The van der Waals surface area contributed by atoms with E-state index in [4.69, 9.17) is 14.2 Å². The largest absolute Gasteiger partial charge is 0.490 e. The van der Waals surface area contributed by atoms with E-state index in [0.717, 1.165) is 81.5 Å². The number of amides is 2. The number of unbranched alkanes of at least 4 members (excludes halogenated alkanes) is 40. The molecule has 11 heteroatoms. The van der Waals surface area contributed by atoms with Crippen LogP contribution in [0.4, 0.5) is 0 Å². The summed E-state index contributed by atoms with van der Waals surface area (Å²) in [6.07, 6.45) is 74.5. The van der Waals surface area contributed by atoms with Gasteiger partial charge in [0.1, 0.15) is 24.6 Å². The van der Waals surface area contributed by atoms with Gasteiger partial charge in [0.15, 0.2) is 5.78 Å². The van der Waals surface area contributed by atoms with Crippen molar-refractivity contribution in [2.45, 2.75) is 432 Å². The first-order chi connectivity index (χ1) is 47.8. The molecule has 0 spiro atoms. The first kappa shape index (κ1) is 92.5. The number of esters is 2. The zero-order valence-corrected chi connectivity index (χ0v) is 65.6. The molecular weight excluding hydrogens is 1220 g/mol. The van der Waals surface area contributed by atoms with Crippen LogP contribution in [0, 0.1) is 23.7 Å². The van der Waals surface area contributed by atoms with Gasteiger partial charge in [0.25, 0.3) is 0 Å². The molecule has 1 aromatic carbocycles. The molecule has 2 amide bonds. The number of ether oxygens (including phenoxy) is 3. The molecule has 0 saturated carbocycles. The highest BCUT2D eigenvalue weighted by atomic mass is 16.6. The van der Waals surface area contributed by atoms with Gasteiger partial charge in [-0.15, -0.1) is 0 Å². The van der Waals surface area contributed by atoms with Crippen molar-refractivity contribution in [3.8, 4) is 5.75 Å². The molecule has 0 saturated heterocycles. The van der Waals surface area contributed by atoms with Crippen molar-refractivity contribution in [3.05, 3.63) is 29.8 Å². The summed E-state index contributed by atoms with van der Waals surface area (Å²) in [4.78, 5) is 61.8. The number of carbonyl (C=O) groups excluding carboxylic acids is 5. The molecule has 0 aliphatic carbocycles. The van der Waals surface area contributed by atoms with Gasteiger partial charge in [-0.25, -0.2) is 0 Å². The van der Waals surface area contributed by atoms with Crippen molar-refractivity contribution in [1.82, 2.24) is 10.6 Å². The van der Waals surface area contributed by atoms with Crippen LogP contribution in [-0.4, -0.2) is 73.7 Å². The summed E-state index contributed by atoms with van der Waals surface area (Å²) in [7, 11) is 1.49. The van der Waals surface area contributed by atoms with E-state index in [9.17, 15) is 29.1 Å². The number of nitrogens with one attached hydrogen (secondary N) is 2. The van der Waals surface area contributed by atoms with Crippen molar-refractivity contribution < 1.29 is 43.3 Å². The van der Waals surface area contributed by atoms with Gasteiger partial charge >= 0.3 is 11.9 Å². The summed E-state index contributed by atoms with van der Waals surface area (Å²) in [6.45, 7) is 13.6. The topological polar surface area (TPSA) is 157 Å². The second kappa shape index (κ2) is 68.0. The van der Waals surface area contributed by atoms with E-state index in [-0.39, 0.29) is 42.7 Å². The van der Waals surface area contributed by atoms with E-state index >= 15 is 0 Å². The Morgan fingerprint density at radius 3 is 0.878 bits per heavy atom. The minimum absolute atomic E-state index is 0.0767. The van der Waals surface area contributed by atoms with Gasteiger partial charge in [-0.2, -0.15) is 0 Å². The van der Waals surface area contributed by atoms with E-state index in [1.165, 1.54) is 323 Å². The number of hydrogen-bond donors (Lipinski definition) is 3. The fourth-order valence-electron chi connectivity index (χ4n) is 14.9. The second-order valence-corrected chi connectivity index (χ2v) is 30.7. The Morgan fingerprint density at radius 1 is 0.347 bits per heavy atom. The number of benzene rings is 1. The van der Waals surface area contributed by atoms with Crippen LogP contribution in [0.1, 0.15) is 437 Å². The Kier molecular flexibility index (Phi) is 64.2. The lowest BCUT2D eigenvalue weighted by molar-refractivity contribution is -0.144. The highest BCUT2D eigenvalue weighted by molar-refractivity contribution is 6.01. The first-order valence-electron chi connectivity index (χ1n) is 42.5. The molecule has 3 N–H and O–H groups in total. The third kappa shape index (κ3) is 57.1. The van der Waals surface area contributed by atoms with Gasteiger partial charge in [0.05, 0.1) is 7.11 Å². The lowest BCUT2D eigenvalue weighted by atomic mass is 9.78. The minimum Gasteiger partial charge on any atom is -0.490 e. The molecule has 0 aliphatic heterocycles. The number of Topliss-reactive ketones (excluding diaryl/α,β-unsaturated/α-hetero) is 1. The van der Waals surface area contributed by atoms with E-state index in [0.29, 0.717) is 50.1 Å². The quantitative estimate of drug-likeness (QED) is 0.0328. The van der Waals surface area contributed by atoms with Crippen LogP contribution in [0.25, 0.3) is 0 Å². The predicted molar refractivity (Wildman–Crippen MR) is 415 cm³/mol. The third-order valence-electron chi connectivity index (χ3n) is 21.2.